The Morgan fingerprint density at radius 1 is 1.03 bits per heavy atom. The van der Waals surface area contributed by atoms with Crippen LogP contribution < -0.4 is 15.4 Å². The fraction of sp³-hybridized carbons (Fsp3) is 0.200. The van der Waals surface area contributed by atoms with Gasteiger partial charge < -0.3 is 15.4 Å². The van der Waals surface area contributed by atoms with Gasteiger partial charge in [0.1, 0.15) is 18.1 Å². The Morgan fingerprint density at radius 3 is 2.48 bits per heavy atom. The van der Waals surface area contributed by atoms with Crippen LogP contribution in [0.15, 0.2) is 71.7 Å². The minimum Gasteiger partial charge on any atom is -0.492 e. The maximum Gasteiger partial charge on any atom is 0.267 e. The Bertz CT molecular complexity index is 1040. The summed E-state index contributed by atoms with van der Waals surface area (Å²) in [5.74, 6) is 0.0808. The Balaban J connectivity index is 1.61. The zero-order chi connectivity index (χ0) is 22.1. The van der Waals surface area contributed by atoms with Crippen LogP contribution in [0.2, 0.25) is 0 Å². The molecule has 5 nitrogen and oxygen atoms in total. The van der Waals surface area contributed by atoms with Crippen molar-refractivity contribution in [1.29, 1.82) is 0 Å². The minimum absolute atomic E-state index is 0.197. The lowest BCUT2D eigenvalue weighted by Crippen LogP contribution is -2.36. The smallest absolute Gasteiger partial charge is 0.267 e. The highest BCUT2D eigenvalue weighted by molar-refractivity contribution is 7.10. The molecule has 2 aromatic carbocycles. The van der Waals surface area contributed by atoms with Gasteiger partial charge in [-0.05, 0) is 60.2 Å². The van der Waals surface area contributed by atoms with Crippen LogP contribution in [0.3, 0.4) is 0 Å². The third kappa shape index (κ3) is 6.55. The number of carbonyl (C=O) groups excluding carboxylic acids is 2. The molecule has 0 unspecified atom stereocenters. The Labute approximate surface area is 186 Å². The number of hydrogen-bond acceptors (Lipinski definition) is 4. The van der Waals surface area contributed by atoms with Crippen molar-refractivity contribution < 1.29 is 14.3 Å². The monoisotopic (exact) mass is 434 g/mol. The third-order valence-electron chi connectivity index (χ3n) is 4.70. The second-order valence-corrected chi connectivity index (χ2v) is 7.92. The summed E-state index contributed by atoms with van der Waals surface area (Å²) in [6, 6.07) is 19.0. The van der Waals surface area contributed by atoms with Crippen LogP contribution >= 0.6 is 11.3 Å². The van der Waals surface area contributed by atoms with Crippen molar-refractivity contribution in [2.75, 3.05) is 13.2 Å². The van der Waals surface area contributed by atoms with Gasteiger partial charge in [0.2, 0.25) is 0 Å². The van der Waals surface area contributed by atoms with Gasteiger partial charge in [0.15, 0.2) is 0 Å². The number of carbonyl (C=O) groups is 2. The van der Waals surface area contributed by atoms with E-state index in [4.69, 9.17) is 4.74 Å². The highest BCUT2D eigenvalue weighted by Gasteiger charge is 2.16. The SMILES string of the molecule is CCc1ccc(OCCNC(=O)/C(=C/c2cccs2)NC(=O)c2ccccc2C)cc1. The van der Waals surface area contributed by atoms with Crippen molar-refractivity contribution in [1.82, 2.24) is 10.6 Å². The largest absolute Gasteiger partial charge is 0.492 e. The third-order valence-corrected chi connectivity index (χ3v) is 5.52. The summed E-state index contributed by atoms with van der Waals surface area (Å²) in [7, 11) is 0. The van der Waals surface area contributed by atoms with Crippen LogP contribution in [-0.4, -0.2) is 25.0 Å². The lowest BCUT2D eigenvalue weighted by Gasteiger charge is -2.12. The first kappa shape index (κ1) is 22.3. The number of hydrogen-bond donors (Lipinski definition) is 2. The van der Waals surface area contributed by atoms with Gasteiger partial charge in [0, 0.05) is 10.4 Å². The van der Waals surface area contributed by atoms with Gasteiger partial charge in [-0.3, -0.25) is 9.59 Å². The summed E-state index contributed by atoms with van der Waals surface area (Å²) >= 11 is 1.49. The molecular formula is C25H26N2O3S. The zero-order valence-corrected chi connectivity index (χ0v) is 18.5. The van der Waals surface area contributed by atoms with E-state index in [2.05, 4.69) is 17.6 Å². The number of aryl methyl sites for hydroxylation is 2. The summed E-state index contributed by atoms with van der Waals surface area (Å²) in [6.45, 7) is 4.61. The molecule has 3 aromatic rings. The van der Waals surface area contributed by atoms with Crippen molar-refractivity contribution in [3.8, 4) is 5.75 Å². The van der Waals surface area contributed by atoms with Crippen LogP contribution in [0.1, 0.15) is 33.3 Å². The number of rotatable bonds is 9. The number of benzene rings is 2. The first-order chi connectivity index (χ1) is 15.1. The molecule has 0 atom stereocenters. The van der Waals surface area contributed by atoms with E-state index in [9.17, 15) is 9.59 Å². The predicted molar refractivity (Wildman–Crippen MR) is 125 cm³/mol. The van der Waals surface area contributed by atoms with Crippen LogP contribution in [0.4, 0.5) is 0 Å². The van der Waals surface area contributed by atoms with E-state index in [0.717, 1.165) is 22.6 Å². The molecule has 0 aliphatic heterocycles. The van der Waals surface area contributed by atoms with E-state index in [0.29, 0.717) is 18.7 Å². The molecule has 0 saturated carbocycles. The lowest BCUT2D eigenvalue weighted by atomic mass is 10.1. The number of ether oxygens (including phenoxy) is 1. The van der Waals surface area contributed by atoms with Crippen molar-refractivity contribution in [2.45, 2.75) is 20.3 Å². The molecule has 0 saturated heterocycles. The molecule has 2 amide bonds. The van der Waals surface area contributed by atoms with E-state index >= 15 is 0 Å². The molecule has 0 fully saturated rings. The number of nitrogens with one attached hydrogen (secondary N) is 2. The molecule has 2 N–H and O–H groups in total. The predicted octanol–water partition coefficient (Wildman–Crippen LogP) is 4.59. The molecule has 0 spiro atoms. The average molecular weight is 435 g/mol. The van der Waals surface area contributed by atoms with Crippen LogP contribution in [0, 0.1) is 6.92 Å². The van der Waals surface area contributed by atoms with Gasteiger partial charge in [0.25, 0.3) is 11.8 Å². The molecule has 6 heteroatoms. The molecule has 0 aliphatic carbocycles. The summed E-state index contributed by atoms with van der Waals surface area (Å²) in [4.78, 5) is 26.4. The molecule has 1 aromatic heterocycles. The van der Waals surface area contributed by atoms with Gasteiger partial charge in [-0.15, -0.1) is 11.3 Å². The average Bonchev–Trinajstić information content (AvgIpc) is 3.30. The maximum atomic E-state index is 12.8. The molecule has 0 radical (unpaired) electrons. The topological polar surface area (TPSA) is 67.4 Å². The van der Waals surface area contributed by atoms with E-state index in [1.165, 1.54) is 16.9 Å². The van der Waals surface area contributed by atoms with E-state index in [1.54, 1.807) is 18.2 Å². The fourth-order valence-corrected chi connectivity index (χ4v) is 3.60. The molecule has 0 bridgehead atoms. The first-order valence-electron chi connectivity index (χ1n) is 10.2. The molecule has 1 heterocycles. The molecular weight excluding hydrogens is 408 g/mol. The minimum atomic E-state index is -0.361. The molecule has 0 aliphatic rings. The lowest BCUT2D eigenvalue weighted by molar-refractivity contribution is -0.117. The fourth-order valence-electron chi connectivity index (χ4n) is 2.94. The summed E-state index contributed by atoms with van der Waals surface area (Å²) < 4.78 is 5.69. The normalized spacial score (nSPS) is 11.1. The van der Waals surface area contributed by atoms with Crippen LogP contribution in [0.25, 0.3) is 6.08 Å². The summed E-state index contributed by atoms with van der Waals surface area (Å²) in [6.07, 6.45) is 2.66. The van der Waals surface area contributed by atoms with Gasteiger partial charge in [-0.2, -0.15) is 0 Å². The van der Waals surface area contributed by atoms with Gasteiger partial charge in [-0.25, -0.2) is 0 Å². The number of thiophene rings is 1. The molecule has 160 valence electrons. The highest BCUT2D eigenvalue weighted by atomic mass is 32.1. The van der Waals surface area contributed by atoms with E-state index in [1.807, 2.05) is 60.8 Å². The Kier molecular flexibility index (Phi) is 8.01. The van der Waals surface area contributed by atoms with Crippen molar-refractivity contribution >= 4 is 29.2 Å². The molecule has 31 heavy (non-hydrogen) atoms. The molecule has 3 rings (SSSR count). The second-order valence-electron chi connectivity index (χ2n) is 6.94. The Morgan fingerprint density at radius 2 is 1.81 bits per heavy atom. The zero-order valence-electron chi connectivity index (χ0n) is 17.7. The second kappa shape index (κ2) is 11.1. The van der Waals surface area contributed by atoms with E-state index in [-0.39, 0.29) is 17.5 Å². The number of amides is 2. The van der Waals surface area contributed by atoms with Crippen molar-refractivity contribution in [2.24, 2.45) is 0 Å². The highest BCUT2D eigenvalue weighted by Crippen LogP contribution is 2.14. The van der Waals surface area contributed by atoms with Gasteiger partial charge in [-0.1, -0.05) is 43.3 Å². The van der Waals surface area contributed by atoms with Gasteiger partial charge >= 0.3 is 0 Å². The van der Waals surface area contributed by atoms with Crippen LogP contribution in [-0.2, 0) is 11.2 Å². The van der Waals surface area contributed by atoms with Crippen molar-refractivity contribution in [3.05, 3.63) is 93.3 Å². The Hall–Kier alpha value is -3.38. The van der Waals surface area contributed by atoms with Crippen LogP contribution in [0.5, 0.6) is 5.75 Å². The standard InChI is InChI=1S/C25H26N2O3S/c1-3-19-10-12-20(13-11-19)30-15-14-26-25(29)23(17-21-8-6-16-31-21)27-24(28)22-9-5-4-7-18(22)2/h4-13,16-17H,3,14-15H2,1-2H3,(H,26,29)(H,27,28)/b23-17-. The van der Waals surface area contributed by atoms with Crippen molar-refractivity contribution in [3.63, 3.8) is 0 Å². The van der Waals surface area contributed by atoms with E-state index < -0.39 is 0 Å². The quantitative estimate of drug-likeness (QED) is 0.382. The maximum absolute atomic E-state index is 12.8. The summed E-state index contributed by atoms with van der Waals surface area (Å²) in [5.41, 5.74) is 2.82. The van der Waals surface area contributed by atoms with Gasteiger partial charge in [0.05, 0.1) is 6.54 Å². The summed E-state index contributed by atoms with van der Waals surface area (Å²) in [5, 5.41) is 7.50. The first-order valence-corrected chi connectivity index (χ1v) is 11.1.